The molecular formula is C76H57F16K2N5O16. The number of carbonyl (C=O) groups is 1. The molecule has 7 N–H and O–H groups in total. The summed E-state index contributed by atoms with van der Waals surface area (Å²) in [6.45, 7) is 4.72. The Morgan fingerprint density at radius 1 is 0.391 bits per heavy atom. The van der Waals surface area contributed by atoms with E-state index < -0.39 is 97.8 Å². The van der Waals surface area contributed by atoms with E-state index in [2.05, 4.69) is 4.89 Å². The first-order valence-corrected chi connectivity index (χ1v) is 31.3. The Morgan fingerprint density at radius 2 is 0.722 bits per heavy atom. The van der Waals surface area contributed by atoms with Crippen LogP contribution in [-0.4, -0.2) is 43.7 Å². The van der Waals surface area contributed by atoms with E-state index in [4.69, 9.17) is 46.9 Å². The third-order valence-electron chi connectivity index (χ3n) is 15.1. The number of hydrogen-bond donors (Lipinski definition) is 5. The minimum Gasteiger partial charge on any atom is -1.00 e. The minimum atomic E-state index is -5.06. The quantitative estimate of drug-likeness (QED) is 0.00930. The zero-order valence-corrected chi connectivity index (χ0v) is 66.0. The minimum absolute atomic E-state index is 0. The van der Waals surface area contributed by atoms with Crippen LogP contribution < -0.4 is 138 Å². The number of nitro groups is 3. The molecule has 0 aromatic heterocycles. The summed E-state index contributed by atoms with van der Waals surface area (Å²) in [5, 5.41) is 68.5. The third kappa shape index (κ3) is 28.1. The summed E-state index contributed by atoms with van der Waals surface area (Å²) < 4.78 is 238. The number of hydrogen-bond acceptors (Lipinski definition) is 18. The molecule has 0 heterocycles. The smallest absolute Gasteiger partial charge is 1.00 e. The van der Waals surface area contributed by atoms with Crippen LogP contribution in [-0.2, 0) is 40.6 Å². The number of nitrogens with zero attached hydrogens (tertiary/aromatic N) is 3. The molecule has 0 aliphatic rings. The molecule has 0 fully saturated rings. The van der Waals surface area contributed by atoms with Crippen LogP contribution in [0.1, 0.15) is 47.3 Å². The van der Waals surface area contributed by atoms with Crippen molar-refractivity contribution in [2.45, 2.75) is 51.7 Å². The summed E-state index contributed by atoms with van der Waals surface area (Å²) in [6.07, 6.45) is -23.6. The molecule has 39 heteroatoms. The van der Waals surface area contributed by atoms with Crippen molar-refractivity contribution in [3.05, 3.63) is 293 Å². The Labute approximate surface area is 728 Å². The molecule has 0 amide bonds. The van der Waals surface area contributed by atoms with Gasteiger partial charge in [-0.1, -0.05) is 36.4 Å². The van der Waals surface area contributed by atoms with E-state index in [0.717, 1.165) is 72.8 Å². The van der Waals surface area contributed by atoms with Crippen LogP contribution in [0, 0.1) is 51.1 Å². The number of alkyl halides is 16. The number of non-ortho nitro benzene ring substituents is 3. The van der Waals surface area contributed by atoms with Crippen LogP contribution in [0.15, 0.2) is 218 Å². The fourth-order valence-corrected chi connectivity index (χ4v) is 9.81. The number of carbonyl (C=O) groups excluding carboxylic acids is 1. The van der Waals surface area contributed by atoms with Crippen LogP contribution in [0.2, 0.25) is 0 Å². The number of nitrogen functional groups attached to an aromatic ring is 2. The summed E-state index contributed by atoms with van der Waals surface area (Å²) in [5.74, 6) is -1.17. The molecule has 11 aromatic carbocycles. The maximum Gasteiger partial charge on any atom is 1.00 e. The number of nitro benzene ring substituents is 3. The molecule has 11 aromatic rings. The van der Waals surface area contributed by atoms with Crippen molar-refractivity contribution in [1.82, 2.24) is 0 Å². The average Bonchev–Trinajstić information content (AvgIpc) is 0.790. The van der Waals surface area contributed by atoms with Gasteiger partial charge in [0, 0.05) is 64.5 Å². The van der Waals surface area contributed by atoms with Gasteiger partial charge in [0.1, 0.15) is 74.4 Å². The maximum absolute atomic E-state index is 13.7. The first kappa shape index (κ1) is 95.0. The fraction of sp³-hybridized carbons (Fsp3) is 0.118. The Bertz CT molecular complexity index is 5260. The Morgan fingerprint density at radius 3 is 1.10 bits per heavy atom. The van der Waals surface area contributed by atoms with Gasteiger partial charge in [0.2, 0.25) is 0 Å². The predicted octanol–water partition coefficient (Wildman–Crippen LogP) is 16.1. The van der Waals surface area contributed by atoms with E-state index >= 15 is 0 Å². The second-order valence-corrected chi connectivity index (χ2v) is 23.0. The predicted molar refractivity (Wildman–Crippen MR) is 376 cm³/mol. The van der Waals surface area contributed by atoms with Gasteiger partial charge in [-0.2, -0.15) is 65.9 Å². The Balaban J connectivity index is 0.000000422. The normalized spacial score (nSPS) is 11.0. The monoisotopic (exact) mass is 1680 g/mol. The molecule has 115 heavy (non-hydrogen) atoms. The molecule has 11 rings (SSSR count). The number of benzene rings is 11. The standard InChI is InChI=1S/C27H16F6N2O6.C27H20F6N2O2.C13H9F3O2.C7H7NO3.CH3F.CH2O3.2K.H/c1-15-11-18(34(36)37)5-8-23(15)40-20-7-10-24(21(14-20)16-3-2-4-17(12-16)26(28,29)30)41-25-9-6-19(35(38)39)13-22(25)27(31,32)33;1-15-11-18(34)5-8-23(15)36-20-7-10-24(37-25-9-6-19(35)13-22(25)27(31,32)33)21(14-20)16-3-2-4-17(12-16)26(28,29)30;14-13(15,16)9-3-1-2-8(6-9)11-7-10(17)4-5-12(11)18;1-5-4-6(8(10)11)2-3-7(5)9;1-2;2-1-4-3;;;/h2-14H,1H3;2-14H,34-35H2,1H3;1-7,17-18H;2-4,9H,1H3;1H3;1,3H;;;/q;;;;;;2*+1;-1/p-1/i;;;;1D;;;;. The molecular weight excluding hydrogens is 1620 g/mol. The molecule has 0 aliphatic carbocycles. The van der Waals surface area contributed by atoms with Gasteiger partial charge in [-0.3, -0.25) is 39.5 Å². The van der Waals surface area contributed by atoms with E-state index in [9.17, 15) is 111 Å². The van der Waals surface area contributed by atoms with Crippen LogP contribution in [0.4, 0.5) is 98.7 Å². The van der Waals surface area contributed by atoms with Gasteiger partial charge < -0.3 is 57.3 Å². The summed E-state index contributed by atoms with van der Waals surface area (Å²) in [5.41, 5.74) is 7.16. The molecule has 0 aliphatic heterocycles. The number of halogens is 16. The number of nitrogens with two attached hydrogens (primary N) is 2. The molecule has 0 saturated carbocycles. The van der Waals surface area contributed by atoms with Gasteiger partial charge in [0.15, 0.2) is 0 Å². The maximum atomic E-state index is 13.7. The number of rotatable bonds is 15. The summed E-state index contributed by atoms with van der Waals surface area (Å²) in [7, 11) is -1.00. The number of phenolic OH excluding ortho intramolecular Hbond substituents is 3. The van der Waals surface area contributed by atoms with Gasteiger partial charge in [0.25, 0.3) is 23.5 Å². The topological polar surface area (TPSA) is 328 Å². The van der Waals surface area contributed by atoms with E-state index in [-0.39, 0.29) is 213 Å². The van der Waals surface area contributed by atoms with Gasteiger partial charge in [-0.05, 0) is 200 Å². The molecule has 0 unspecified atom stereocenters. The third-order valence-corrected chi connectivity index (χ3v) is 15.1. The molecule has 0 saturated heterocycles. The van der Waals surface area contributed by atoms with Crippen LogP contribution in [0.25, 0.3) is 33.4 Å². The molecule has 0 spiro atoms. The second kappa shape index (κ2) is 42.1. The SMILES string of the molecule is Cc1cc(N)ccc1Oc1ccc(Oc2ccc(N)cc2C(F)(F)F)c(-c2cccc(C(F)(F)F)c2)c1.Cc1cc([N+](=O)[O-])ccc1O.Cc1cc([N+](=O)[O-])ccc1Oc1ccc(Oc2ccc([N+](=O)[O-])cc2C(F)(F)F)c(-c2cccc(C(F)(F)F)c2)c1.O=CO[O-].Oc1ccc(O)c(-c2cccc(C(F)(F)F)c2)c1.[2H]CF.[H-].[K+].[K+]. The number of phenols is 3. The zero-order chi connectivity index (χ0) is 85.0. The largest absolute Gasteiger partial charge is 1.00 e. The molecule has 596 valence electrons. The van der Waals surface area contributed by atoms with Crippen molar-refractivity contribution < 1.29 is 240 Å². The zero-order valence-electron chi connectivity index (χ0n) is 61.8. The first-order chi connectivity index (χ1) is 53.3. The van der Waals surface area contributed by atoms with E-state index in [1.54, 1.807) is 32.0 Å². The first-order valence-electron chi connectivity index (χ1n) is 32.0. The average molecular weight is 1680 g/mol. The van der Waals surface area contributed by atoms with Crippen LogP contribution in [0.5, 0.6) is 63.2 Å². The van der Waals surface area contributed by atoms with Crippen molar-refractivity contribution in [2.24, 2.45) is 0 Å². The second-order valence-electron chi connectivity index (χ2n) is 23.0. The fourth-order valence-electron chi connectivity index (χ4n) is 9.81. The number of aryl methyl sites for hydroxylation is 3. The van der Waals surface area contributed by atoms with Gasteiger partial charge in [-0.15, -0.1) is 0 Å². The Kier molecular flexibility index (Phi) is 34.8. The molecule has 0 atom stereocenters. The van der Waals surface area contributed by atoms with Crippen molar-refractivity contribution >= 4 is 34.9 Å². The Hall–Kier alpha value is -10.6. The molecule has 0 bridgehead atoms. The van der Waals surface area contributed by atoms with E-state index in [0.29, 0.717) is 28.1 Å². The van der Waals surface area contributed by atoms with Crippen LogP contribution >= 0.6 is 0 Å². The van der Waals surface area contributed by atoms with Crippen molar-refractivity contribution in [2.75, 3.05) is 18.6 Å². The summed E-state index contributed by atoms with van der Waals surface area (Å²) >= 11 is 0. The van der Waals surface area contributed by atoms with Gasteiger partial charge >= 0.3 is 134 Å². The van der Waals surface area contributed by atoms with Crippen LogP contribution in [0.3, 0.4) is 0 Å². The number of ether oxygens (including phenoxy) is 4. The van der Waals surface area contributed by atoms with Gasteiger partial charge in [0.05, 0.1) is 40.0 Å². The van der Waals surface area contributed by atoms with E-state index in [1.807, 2.05) is 0 Å². The van der Waals surface area contributed by atoms with Crippen molar-refractivity contribution in [3.8, 4) is 96.6 Å². The van der Waals surface area contributed by atoms with Crippen molar-refractivity contribution in [1.29, 1.82) is 0 Å². The summed E-state index contributed by atoms with van der Waals surface area (Å²) in [6, 6.07) is 41.8. The number of aromatic hydroxyl groups is 3. The molecule has 0 radical (unpaired) electrons. The van der Waals surface area contributed by atoms with Crippen molar-refractivity contribution in [3.63, 3.8) is 0 Å². The molecule has 21 nitrogen and oxygen atoms in total. The van der Waals surface area contributed by atoms with E-state index in [1.165, 1.54) is 128 Å². The number of anilines is 2. The van der Waals surface area contributed by atoms with Gasteiger partial charge in [-0.25, -0.2) is 0 Å². The summed E-state index contributed by atoms with van der Waals surface area (Å²) in [4.78, 5) is 41.4.